The Bertz CT molecular complexity index is 566. The fourth-order valence-corrected chi connectivity index (χ4v) is 5.58. The average Bonchev–Trinajstić information content (AvgIpc) is 2.45. The van der Waals surface area contributed by atoms with Crippen LogP contribution < -0.4 is 0 Å². The summed E-state index contributed by atoms with van der Waals surface area (Å²) in [5.74, 6) is 0. The van der Waals surface area contributed by atoms with Crippen molar-refractivity contribution in [1.82, 2.24) is 4.31 Å². The van der Waals surface area contributed by atoms with Crippen LogP contribution in [0.25, 0.3) is 0 Å². The molecule has 0 aliphatic heterocycles. The predicted molar refractivity (Wildman–Crippen MR) is 84.3 cm³/mol. The van der Waals surface area contributed by atoms with E-state index < -0.39 is 10.0 Å². The van der Waals surface area contributed by atoms with E-state index in [0.29, 0.717) is 0 Å². The first kappa shape index (κ1) is 17.0. The molecule has 0 spiro atoms. The van der Waals surface area contributed by atoms with Crippen LogP contribution in [0.3, 0.4) is 0 Å². The Labute approximate surface area is 135 Å². The molecule has 0 atom stereocenters. The highest BCUT2D eigenvalue weighted by atomic mass is 35.5. The standard InChI is InChI=1S/C14H19Cl2NO3S/c15-12-7-4-8-13(16)14(12)21(19,20)17(9-10-18)11-5-2-1-3-6-11/h4,7-8,11,18H,1-3,5-6,9-10H2. The van der Waals surface area contributed by atoms with Crippen LogP contribution in [0.4, 0.5) is 0 Å². The van der Waals surface area contributed by atoms with Gasteiger partial charge in [0.25, 0.3) is 0 Å². The smallest absolute Gasteiger partial charge is 0.246 e. The van der Waals surface area contributed by atoms with Gasteiger partial charge in [0, 0.05) is 12.6 Å². The first-order valence-electron chi connectivity index (χ1n) is 7.05. The molecule has 1 N–H and O–H groups in total. The summed E-state index contributed by atoms with van der Waals surface area (Å²) in [4.78, 5) is -0.0626. The van der Waals surface area contributed by atoms with Crippen LogP contribution in [-0.2, 0) is 10.0 Å². The van der Waals surface area contributed by atoms with Crippen LogP contribution in [0.15, 0.2) is 23.1 Å². The molecule has 0 saturated heterocycles. The molecule has 0 amide bonds. The lowest BCUT2D eigenvalue weighted by atomic mass is 9.95. The Hall–Kier alpha value is -0.330. The fourth-order valence-electron chi connectivity index (χ4n) is 2.81. The van der Waals surface area contributed by atoms with Crippen molar-refractivity contribution in [3.63, 3.8) is 0 Å². The molecule has 0 unspecified atom stereocenters. The molecule has 0 radical (unpaired) electrons. The van der Waals surface area contributed by atoms with Gasteiger partial charge in [0.1, 0.15) is 4.90 Å². The first-order valence-corrected chi connectivity index (χ1v) is 9.25. The van der Waals surface area contributed by atoms with E-state index in [1.165, 1.54) is 16.4 Å². The highest BCUT2D eigenvalue weighted by molar-refractivity contribution is 7.89. The highest BCUT2D eigenvalue weighted by Gasteiger charge is 2.34. The van der Waals surface area contributed by atoms with Crippen molar-refractivity contribution >= 4 is 33.2 Å². The van der Waals surface area contributed by atoms with Gasteiger partial charge in [0.05, 0.1) is 16.7 Å². The molecule has 0 bridgehead atoms. The molecule has 0 heterocycles. The second-order valence-corrected chi connectivity index (χ2v) is 7.82. The topological polar surface area (TPSA) is 57.6 Å². The molecular formula is C14H19Cl2NO3S. The van der Waals surface area contributed by atoms with E-state index >= 15 is 0 Å². The molecule has 118 valence electrons. The van der Waals surface area contributed by atoms with Gasteiger partial charge in [-0.15, -0.1) is 0 Å². The molecule has 1 aliphatic carbocycles. The quantitative estimate of drug-likeness (QED) is 0.885. The summed E-state index contributed by atoms with van der Waals surface area (Å²) in [6.45, 7) is -0.160. The third-order valence-electron chi connectivity index (χ3n) is 3.79. The Morgan fingerprint density at radius 1 is 1.14 bits per heavy atom. The number of nitrogens with zero attached hydrogens (tertiary/aromatic N) is 1. The van der Waals surface area contributed by atoms with Crippen molar-refractivity contribution in [2.45, 2.75) is 43.0 Å². The number of hydrogen-bond acceptors (Lipinski definition) is 3. The third kappa shape index (κ3) is 3.71. The van der Waals surface area contributed by atoms with Gasteiger partial charge in [0.15, 0.2) is 0 Å². The predicted octanol–water partition coefficient (Wildman–Crippen LogP) is 3.31. The van der Waals surface area contributed by atoms with E-state index in [1.54, 1.807) is 6.07 Å². The monoisotopic (exact) mass is 351 g/mol. The largest absolute Gasteiger partial charge is 0.395 e. The van der Waals surface area contributed by atoms with Gasteiger partial charge in [-0.05, 0) is 25.0 Å². The van der Waals surface area contributed by atoms with Crippen LogP contribution in [0.1, 0.15) is 32.1 Å². The van der Waals surface area contributed by atoms with Crippen LogP contribution in [0.2, 0.25) is 10.0 Å². The lowest BCUT2D eigenvalue weighted by Gasteiger charge is -2.33. The SMILES string of the molecule is O=S(=O)(c1c(Cl)cccc1Cl)N(CCO)C1CCCCC1. The van der Waals surface area contributed by atoms with Crippen molar-refractivity contribution in [1.29, 1.82) is 0 Å². The molecule has 1 fully saturated rings. The molecular weight excluding hydrogens is 333 g/mol. The zero-order valence-corrected chi connectivity index (χ0v) is 14.0. The zero-order chi connectivity index (χ0) is 15.5. The maximum atomic E-state index is 12.9. The molecule has 4 nitrogen and oxygen atoms in total. The van der Waals surface area contributed by atoms with Crippen molar-refractivity contribution in [3.05, 3.63) is 28.2 Å². The average molecular weight is 352 g/mol. The molecule has 1 saturated carbocycles. The minimum absolute atomic E-state index is 0.0626. The molecule has 1 aliphatic rings. The lowest BCUT2D eigenvalue weighted by Crippen LogP contribution is -2.43. The van der Waals surface area contributed by atoms with Crippen molar-refractivity contribution in [3.8, 4) is 0 Å². The Balaban J connectivity index is 2.42. The number of rotatable bonds is 5. The van der Waals surface area contributed by atoms with Crippen LogP contribution in [0.5, 0.6) is 0 Å². The van der Waals surface area contributed by atoms with Crippen molar-refractivity contribution < 1.29 is 13.5 Å². The summed E-state index contributed by atoms with van der Waals surface area (Å²) < 4.78 is 27.2. The van der Waals surface area contributed by atoms with Crippen LogP contribution >= 0.6 is 23.2 Å². The fraction of sp³-hybridized carbons (Fsp3) is 0.571. The Morgan fingerprint density at radius 2 is 1.71 bits per heavy atom. The van der Waals surface area contributed by atoms with E-state index in [4.69, 9.17) is 23.2 Å². The summed E-state index contributed by atoms with van der Waals surface area (Å²) >= 11 is 12.1. The minimum Gasteiger partial charge on any atom is -0.395 e. The third-order valence-corrected chi connectivity index (χ3v) is 6.70. The second-order valence-electron chi connectivity index (χ2n) is 5.18. The van der Waals surface area contributed by atoms with Gasteiger partial charge >= 0.3 is 0 Å². The normalized spacial score (nSPS) is 17.3. The van der Waals surface area contributed by atoms with Gasteiger partial charge in [0.2, 0.25) is 10.0 Å². The van der Waals surface area contributed by atoms with E-state index in [2.05, 4.69) is 0 Å². The molecule has 7 heteroatoms. The van der Waals surface area contributed by atoms with Crippen LogP contribution in [0, 0.1) is 0 Å². The highest BCUT2D eigenvalue weighted by Crippen LogP contribution is 2.34. The lowest BCUT2D eigenvalue weighted by molar-refractivity contribution is 0.199. The number of hydrogen-bond donors (Lipinski definition) is 1. The summed E-state index contributed by atoms with van der Waals surface area (Å²) in [6.07, 6.45) is 4.73. The Morgan fingerprint density at radius 3 is 2.24 bits per heavy atom. The Kier molecular flexibility index (Phi) is 5.91. The minimum atomic E-state index is -3.81. The van der Waals surface area contributed by atoms with Crippen molar-refractivity contribution in [2.75, 3.05) is 13.2 Å². The maximum absolute atomic E-state index is 12.9. The summed E-state index contributed by atoms with van der Waals surface area (Å²) in [6, 6.07) is 4.54. The van der Waals surface area contributed by atoms with Gasteiger partial charge < -0.3 is 5.11 Å². The molecule has 1 aromatic carbocycles. The maximum Gasteiger partial charge on any atom is 0.246 e. The molecule has 21 heavy (non-hydrogen) atoms. The van der Waals surface area contributed by atoms with E-state index in [1.807, 2.05) is 0 Å². The number of sulfonamides is 1. The van der Waals surface area contributed by atoms with E-state index in [9.17, 15) is 13.5 Å². The zero-order valence-electron chi connectivity index (χ0n) is 11.6. The summed E-state index contributed by atoms with van der Waals surface area (Å²) in [5.41, 5.74) is 0. The number of halogens is 2. The molecule has 2 rings (SSSR count). The molecule has 0 aromatic heterocycles. The van der Waals surface area contributed by atoms with Crippen molar-refractivity contribution in [2.24, 2.45) is 0 Å². The summed E-state index contributed by atoms with van der Waals surface area (Å²) in [7, 11) is -3.81. The van der Waals surface area contributed by atoms with Gasteiger partial charge in [-0.2, -0.15) is 4.31 Å². The van der Waals surface area contributed by atoms with Gasteiger partial charge in [-0.3, -0.25) is 0 Å². The molecule has 1 aromatic rings. The first-order chi connectivity index (χ1) is 9.98. The number of benzene rings is 1. The van der Waals surface area contributed by atoms with Crippen LogP contribution in [-0.4, -0.2) is 37.0 Å². The number of aliphatic hydroxyl groups excluding tert-OH is 1. The van der Waals surface area contributed by atoms with Gasteiger partial charge in [-0.1, -0.05) is 48.5 Å². The van der Waals surface area contributed by atoms with E-state index in [0.717, 1.165) is 32.1 Å². The summed E-state index contributed by atoms with van der Waals surface area (Å²) in [5, 5.41) is 9.47. The van der Waals surface area contributed by atoms with E-state index in [-0.39, 0.29) is 34.1 Å². The van der Waals surface area contributed by atoms with Gasteiger partial charge in [-0.25, -0.2) is 8.42 Å². The number of aliphatic hydroxyl groups is 1. The second kappa shape index (κ2) is 7.29.